The van der Waals surface area contributed by atoms with Crippen LogP contribution in [0.2, 0.25) is 0 Å². The highest BCUT2D eigenvalue weighted by Crippen LogP contribution is 2.32. The van der Waals surface area contributed by atoms with Crippen LogP contribution < -0.4 is 4.90 Å². The van der Waals surface area contributed by atoms with Crippen molar-refractivity contribution in [1.82, 2.24) is 24.6 Å². The predicted molar refractivity (Wildman–Crippen MR) is 126 cm³/mol. The Morgan fingerprint density at radius 2 is 1.78 bits per heavy atom. The van der Waals surface area contributed by atoms with E-state index in [1.165, 1.54) is 6.42 Å². The largest absolute Gasteiger partial charge is 0.352 e. The fourth-order valence-corrected chi connectivity index (χ4v) is 4.69. The first-order chi connectivity index (χ1) is 15.5. The average Bonchev–Trinajstić information content (AvgIpc) is 3.09. The van der Waals surface area contributed by atoms with E-state index in [0.717, 1.165) is 79.5 Å². The van der Waals surface area contributed by atoms with Gasteiger partial charge in [0.15, 0.2) is 5.65 Å². The molecule has 0 spiro atoms. The van der Waals surface area contributed by atoms with E-state index < -0.39 is 0 Å². The van der Waals surface area contributed by atoms with Gasteiger partial charge in [0.05, 0.1) is 16.8 Å². The minimum atomic E-state index is 0.260. The van der Waals surface area contributed by atoms with Gasteiger partial charge >= 0.3 is 0 Å². The molecule has 1 amide bonds. The van der Waals surface area contributed by atoms with E-state index in [4.69, 9.17) is 15.1 Å². The predicted octanol–water partition coefficient (Wildman–Crippen LogP) is 3.77. The van der Waals surface area contributed by atoms with Gasteiger partial charge in [0, 0.05) is 38.5 Å². The van der Waals surface area contributed by atoms with E-state index in [1.54, 1.807) is 0 Å². The molecule has 3 heterocycles. The normalized spacial score (nSPS) is 17.2. The van der Waals surface area contributed by atoms with Crippen LogP contribution in [0.25, 0.3) is 16.7 Å². The number of anilines is 1. The molecule has 32 heavy (non-hydrogen) atoms. The van der Waals surface area contributed by atoms with Crippen LogP contribution in [0.5, 0.6) is 0 Å². The van der Waals surface area contributed by atoms with Crippen molar-refractivity contribution in [3.8, 4) is 5.69 Å². The second-order valence-electron chi connectivity index (χ2n) is 9.53. The standard InChI is InChI=1S/C25H32N6O/c1-17(2)16-21-26-23(29-12-14-30(15-13-29)25(32)19-8-7-9-19)22-18(3)28-31(24(22)27-21)20-10-5-4-6-11-20/h4-6,10-11,17,19H,7-9,12-16H2,1-3H3. The monoisotopic (exact) mass is 432 g/mol. The molecule has 1 saturated carbocycles. The SMILES string of the molecule is Cc1nn(-c2ccccc2)c2nc(CC(C)C)nc(N3CCN(C(=O)C4CCC4)CC3)c12. The number of carbonyl (C=O) groups is 1. The molecule has 2 fully saturated rings. The lowest BCUT2D eigenvalue weighted by molar-refractivity contribution is -0.138. The Morgan fingerprint density at radius 3 is 2.41 bits per heavy atom. The van der Waals surface area contributed by atoms with E-state index in [-0.39, 0.29) is 5.92 Å². The number of para-hydroxylation sites is 1. The van der Waals surface area contributed by atoms with Crippen LogP contribution in [0.1, 0.15) is 44.6 Å². The summed E-state index contributed by atoms with van der Waals surface area (Å²) in [6.07, 6.45) is 4.13. The van der Waals surface area contributed by atoms with Crippen LogP contribution >= 0.6 is 0 Å². The Hall–Kier alpha value is -2.96. The minimum absolute atomic E-state index is 0.260. The first-order valence-corrected chi connectivity index (χ1v) is 11.9. The van der Waals surface area contributed by atoms with Gasteiger partial charge in [-0.3, -0.25) is 4.79 Å². The Labute approximate surface area is 189 Å². The maximum atomic E-state index is 12.7. The Balaban J connectivity index is 1.50. The first kappa shape index (κ1) is 20.9. The van der Waals surface area contributed by atoms with Crippen molar-refractivity contribution in [3.63, 3.8) is 0 Å². The number of fused-ring (bicyclic) bond motifs is 1. The Bertz CT molecular complexity index is 1110. The van der Waals surface area contributed by atoms with Gasteiger partial charge in [-0.15, -0.1) is 0 Å². The van der Waals surface area contributed by atoms with Crippen molar-refractivity contribution in [3.05, 3.63) is 41.9 Å². The molecule has 2 aromatic heterocycles. The summed E-state index contributed by atoms with van der Waals surface area (Å²) in [6.45, 7) is 9.52. The lowest BCUT2D eigenvalue weighted by atomic mass is 9.84. The van der Waals surface area contributed by atoms with Gasteiger partial charge in [-0.05, 0) is 37.8 Å². The number of benzene rings is 1. The highest BCUT2D eigenvalue weighted by atomic mass is 16.2. The fraction of sp³-hybridized carbons (Fsp3) is 0.520. The molecule has 1 aromatic carbocycles. The molecular weight excluding hydrogens is 400 g/mol. The molecule has 7 heteroatoms. The van der Waals surface area contributed by atoms with Crippen molar-refractivity contribution in [2.24, 2.45) is 11.8 Å². The molecule has 3 aromatic rings. The van der Waals surface area contributed by atoms with Gasteiger partial charge < -0.3 is 9.80 Å². The lowest BCUT2D eigenvalue weighted by Gasteiger charge is -2.38. The molecule has 0 unspecified atom stereocenters. The smallest absolute Gasteiger partial charge is 0.225 e. The van der Waals surface area contributed by atoms with E-state index in [2.05, 4.69) is 30.9 Å². The zero-order chi connectivity index (χ0) is 22.2. The summed E-state index contributed by atoms with van der Waals surface area (Å²) in [5.41, 5.74) is 2.80. The zero-order valence-corrected chi connectivity index (χ0v) is 19.3. The number of aryl methyl sites for hydroxylation is 1. The van der Waals surface area contributed by atoms with E-state index >= 15 is 0 Å². The number of hydrogen-bond acceptors (Lipinski definition) is 5. The van der Waals surface area contributed by atoms with Crippen molar-refractivity contribution in [1.29, 1.82) is 0 Å². The lowest BCUT2D eigenvalue weighted by Crippen LogP contribution is -2.51. The number of amides is 1. The third kappa shape index (κ3) is 3.85. The molecule has 168 valence electrons. The molecular formula is C25H32N6O. The van der Waals surface area contributed by atoms with E-state index in [0.29, 0.717) is 11.8 Å². The third-order valence-corrected chi connectivity index (χ3v) is 6.67. The summed E-state index contributed by atoms with van der Waals surface area (Å²) in [6, 6.07) is 10.2. The van der Waals surface area contributed by atoms with Crippen LogP contribution in [-0.4, -0.2) is 56.7 Å². The molecule has 1 aliphatic carbocycles. The van der Waals surface area contributed by atoms with Gasteiger partial charge in [0.2, 0.25) is 5.91 Å². The van der Waals surface area contributed by atoms with Gasteiger partial charge in [0.25, 0.3) is 0 Å². The van der Waals surface area contributed by atoms with Gasteiger partial charge in [0.1, 0.15) is 11.6 Å². The summed E-state index contributed by atoms with van der Waals surface area (Å²) in [4.78, 5) is 27.0. The van der Waals surface area contributed by atoms with Crippen LogP contribution in [0.3, 0.4) is 0 Å². The highest BCUT2D eigenvalue weighted by Gasteiger charge is 2.32. The molecule has 0 radical (unpaired) electrons. The highest BCUT2D eigenvalue weighted by molar-refractivity contribution is 5.91. The van der Waals surface area contributed by atoms with E-state index in [1.807, 2.05) is 34.7 Å². The van der Waals surface area contributed by atoms with Crippen molar-refractivity contribution in [2.75, 3.05) is 31.1 Å². The zero-order valence-electron chi connectivity index (χ0n) is 19.3. The second-order valence-corrected chi connectivity index (χ2v) is 9.53. The van der Waals surface area contributed by atoms with Crippen molar-refractivity contribution < 1.29 is 4.79 Å². The number of hydrogen-bond donors (Lipinski definition) is 0. The molecule has 5 rings (SSSR count). The van der Waals surface area contributed by atoms with Crippen LogP contribution in [0, 0.1) is 18.8 Å². The first-order valence-electron chi connectivity index (χ1n) is 11.9. The molecule has 0 bridgehead atoms. The number of nitrogens with zero attached hydrogens (tertiary/aromatic N) is 6. The van der Waals surface area contributed by atoms with E-state index in [9.17, 15) is 4.79 Å². The number of rotatable bonds is 5. The molecule has 0 atom stereocenters. The molecule has 7 nitrogen and oxygen atoms in total. The average molecular weight is 433 g/mol. The molecule has 0 N–H and O–H groups in total. The minimum Gasteiger partial charge on any atom is -0.352 e. The third-order valence-electron chi connectivity index (χ3n) is 6.67. The van der Waals surface area contributed by atoms with Gasteiger partial charge in [-0.1, -0.05) is 38.5 Å². The summed E-state index contributed by atoms with van der Waals surface area (Å²) in [7, 11) is 0. The summed E-state index contributed by atoms with van der Waals surface area (Å²) < 4.78 is 1.94. The summed E-state index contributed by atoms with van der Waals surface area (Å²) >= 11 is 0. The maximum absolute atomic E-state index is 12.7. The van der Waals surface area contributed by atoms with Crippen molar-refractivity contribution in [2.45, 2.75) is 46.5 Å². The summed E-state index contributed by atoms with van der Waals surface area (Å²) in [5.74, 6) is 2.88. The summed E-state index contributed by atoms with van der Waals surface area (Å²) in [5, 5.41) is 5.86. The molecule has 2 aliphatic rings. The van der Waals surface area contributed by atoms with Crippen molar-refractivity contribution >= 4 is 22.8 Å². The number of aromatic nitrogens is 4. The molecule has 1 aliphatic heterocycles. The molecule has 1 saturated heterocycles. The topological polar surface area (TPSA) is 67.2 Å². The van der Waals surface area contributed by atoms with Gasteiger partial charge in [-0.25, -0.2) is 14.6 Å². The number of piperazine rings is 1. The second kappa shape index (κ2) is 8.52. The van der Waals surface area contributed by atoms with Gasteiger partial charge in [-0.2, -0.15) is 5.10 Å². The quantitative estimate of drug-likeness (QED) is 0.614. The number of carbonyl (C=O) groups excluding carboxylic acids is 1. The van der Waals surface area contributed by atoms with Crippen LogP contribution in [0.4, 0.5) is 5.82 Å². The fourth-order valence-electron chi connectivity index (χ4n) is 4.69. The Morgan fingerprint density at radius 1 is 1.06 bits per heavy atom. The maximum Gasteiger partial charge on any atom is 0.225 e. The van der Waals surface area contributed by atoms with Crippen LogP contribution in [-0.2, 0) is 11.2 Å². The Kier molecular flexibility index (Phi) is 5.57. The van der Waals surface area contributed by atoms with Crippen LogP contribution in [0.15, 0.2) is 30.3 Å².